The van der Waals surface area contributed by atoms with Crippen molar-refractivity contribution in [3.63, 3.8) is 0 Å². The Hall–Kier alpha value is -1.12. The number of ether oxygens (including phenoxy) is 1. The maximum absolute atomic E-state index is 11.9. The maximum atomic E-state index is 11.9. The molecule has 0 heterocycles. The Bertz CT molecular complexity index is 289. The third kappa shape index (κ3) is 7.81. The van der Waals surface area contributed by atoms with E-state index in [1.54, 1.807) is 19.1 Å². The van der Waals surface area contributed by atoms with Crippen molar-refractivity contribution in [1.29, 1.82) is 5.26 Å². The molecular weight excluding hydrogens is 242 g/mol. The molecule has 1 atom stereocenters. The van der Waals surface area contributed by atoms with Gasteiger partial charge in [-0.2, -0.15) is 5.26 Å². The number of nitriles is 1. The van der Waals surface area contributed by atoms with E-state index in [2.05, 4.69) is 24.8 Å². The fourth-order valence-electron chi connectivity index (χ4n) is 1.79. The van der Waals surface area contributed by atoms with E-state index in [9.17, 15) is 4.79 Å². The van der Waals surface area contributed by atoms with Crippen LogP contribution in [0, 0.1) is 11.3 Å². The molecule has 110 valence electrons. The molecule has 0 fully saturated rings. The van der Waals surface area contributed by atoms with Gasteiger partial charge in [0.2, 0.25) is 5.91 Å². The second-order valence-electron chi connectivity index (χ2n) is 4.76. The van der Waals surface area contributed by atoms with Crippen molar-refractivity contribution < 1.29 is 9.53 Å². The highest BCUT2D eigenvalue weighted by atomic mass is 16.5. The summed E-state index contributed by atoms with van der Waals surface area (Å²) in [5, 5.41) is 8.51. The van der Waals surface area contributed by atoms with E-state index >= 15 is 0 Å². The molecule has 0 saturated carbocycles. The topological polar surface area (TPSA) is 56.6 Å². The highest BCUT2D eigenvalue weighted by molar-refractivity contribution is 5.76. The van der Waals surface area contributed by atoms with Gasteiger partial charge in [0.25, 0.3) is 0 Å². The van der Waals surface area contributed by atoms with Crippen molar-refractivity contribution in [2.45, 2.75) is 39.2 Å². The van der Waals surface area contributed by atoms with Gasteiger partial charge in [0, 0.05) is 46.3 Å². The first kappa shape index (κ1) is 17.9. The van der Waals surface area contributed by atoms with Gasteiger partial charge >= 0.3 is 0 Å². The molecule has 0 aliphatic rings. The summed E-state index contributed by atoms with van der Waals surface area (Å²) in [6, 6.07) is 2.50. The van der Waals surface area contributed by atoms with Crippen molar-refractivity contribution in [3.8, 4) is 6.07 Å². The van der Waals surface area contributed by atoms with Crippen LogP contribution in [0.5, 0.6) is 0 Å². The van der Waals surface area contributed by atoms with Gasteiger partial charge in [-0.25, -0.2) is 0 Å². The van der Waals surface area contributed by atoms with Gasteiger partial charge in [0.1, 0.15) is 0 Å². The minimum absolute atomic E-state index is 0.0981. The van der Waals surface area contributed by atoms with Crippen LogP contribution in [0.2, 0.25) is 0 Å². The summed E-state index contributed by atoms with van der Waals surface area (Å²) in [5.41, 5.74) is 0. The molecular formula is C14H27N3O2. The summed E-state index contributed by atoms with van der Waals surface area (Å²) in [4.78, 5) is 15.8. The zero-order chi connectivity index (χ0) is 14.7. The van der Waals surface area contributed by atoms with Crippen molar-refractivity contribution >= 4 is 5.91 Å². The molecule has 0 spiro atoms. The van der Waals surface area contributed by atoms with Crippen LogP contribution in [-0.4, -0.2) is 62.1 Å². The van der Waals surface area contributed by atoms with Crippen LogP contribution in [0.15, 0.2) is 0 Å². The third-order valence-electron chi connectivity index (χ3n) is 3.39. The first-order valence-electron chi connectivity index (χ1n) is 6.90. The zero-order valence-corrected chi connectivity index (χ0v) is 12.7. The largest absolute Gasteiger partial charge is 0.383 e. The summed E-state index contributed by atoms with van der Waals surface area (Å²) < 4.78 is 5.10. The van der Waals surface area contributed by atoms with E-state index < -0.39 is 0 Å². The Morgan fingerprint density at radius 1 is 1.37 bits per heavy atom. The minimum atomic E-state index is 0.0981. The lowest BCUT2D eigenvalue weighted by molar-refractivity contribution is -0.130. The molecule has 1 amide bonds. The van der Waals surface area contributed by atoms with E-state index in [0.717, 1.165) is 19.5 Å². The molecule has 19 heavy (non-hydrogen) atoms. The van der Waals surface area contributed by atoms with E-state index in [1.165, 1.54) is 0 Å². The van der Waals surface area contributed by atoms with Crippen LogP contribution in [0.25, 0.3) is 0 Å². The highest BCUT2D eigenvalue weighted by Gasteiger charge is 2.15. The number of hydrogen-bond acceptors (Lipinski definition) is 4. The van der Waals surface area contributed by atoms with Crippen molar-refractivity contribution in [1.82, 2.24) is 9.80 Å². The quantitative estimate of drug-likeness (QED) is 0.603. The predicted octanol–water partition coefficient (Wildman–Crippen LogP) is 1.50. The summed E-state index contributed by atoms with van der Waals surface area (Å²) in [6.07, 6.45) is 1.94. The molecule has 5 nitrogen and oxygen atoms in total. The number of methoxy groups -OCH3 is 1. The van der Waals surface area contributed by atoms with Gasteiger partial charge in [0.15, 0.2) is 0 Å². The molecule has 0 saturated heterocycles. The smallest absolute Gasteiger partial charge is 0.223 e. The lowest BCUT2D eigenvalue weighted by Gasteiger charge is -2.28. The average Bonchev–Trinajstić information content (AvgIpc) is 2.43. The Balaban J connectivity index is 4.15. The van der Waals surface area contributed by atoms with Crippen molar-refractivity contribution in [2.24, 2.45) is 0 Å². The third-order valence-corrected chi connectivity index (χ3v) is 3.39. The Kier molecular flexibility index (Phi) is 10.1. The Labute approximate surface area is 117 Å². The molecule has 0 aromatic rings. The fourth-order valence-corrected chi connectivity index (χ4v) is 1.79. The van der Waals surface area contributed by atoms with Crippen LogP contribution in [0.1, 0.15) is 33.1 Å². The van der Waals surface area contributed by atoms with Gasteiger partial charge in [0.05, 0.1) is 19.1 Å². The van der Waals surface area contributed by atoms with Crippen molar-refractivity contribution in [2.75, 3.05) is 40.4 Å². The SMILES string of the molecule is CCC(C)N(CCOC)CCC(=O)N(C)CCC#N. The van der Waals surface area contributed by atoms with Gasteiger partial charge in [-0.15, -0.1) is 0 Å². The fraction of sp³-hybridized carbons (Fsp3) is 0.857. The number of hydrogen-bond donors (Lipinski definition) is 0. The number of rotatable bonds is 10. The molecule has 0 N–H and O–H groups in total. The lowest BCUT2D eigenvalue weighted by Crippen LogP contribution is -2.39. The highest BCUT2D eigenvalue weighted by Crippen LogP contribution is 2.05. The first-order valence-corrected chi connectivity index (χ1v) is 6.90. The summed E-state index contributed by atoms with van der Waals surface area (Å²) >= 11 is 0. The summed E-state index contributed by atoms with van der Waals surface area (Å²) in [6.45, 7) is 7.10. The standard InChI is InChI=1S/C14H27N3O2/c1-5-13(2)17(11-12-19-4)10-7-14(18)16(3)9-6-8-15/h13H,5-7,9-12H2,1-4H3. The van der Waals surface area contributed by atoms with E-state index in [4.69, 9.17) is 10.00 Å². The van der Waals surface area contributed by atoms with Crippen LogP contribution >= 0.6 is 0 Å². The second kappa shape index (κ2) is 10.8. The number of nitrogens with zero attached hydrogens (tertiary/aromatic N) is 3. The predicted molar refractivity (Wildman–Crippen MR) is 75.7 cm³/mol. The van der Waals surface area contributed by atoms with E-state index in [0.29, 0.717) is 32.0 Å². The van der Waals surface area contributed by atoms with Crippen LogP contribution in [-0.2, 0) is 9.53 Å². The molecule has 5 heteroatoms. The number of amides is 1. The summed E-state index contributed by atoms with van der Waals surface area (Å²) in [7, 11) is 3.44. The van der Waals surface area contributed by atoms with Crippen LogP contribution in [0.3, 0.4) is 0 Å². The first-order chi connectivity index (χ1) is 9.06. The normalized spacial score (nSPS) is 12.2. The van der Waals surface area contributed by atoms with E-state index in [-0.39, 0.29) is 5.91 Å². The maximum Gasteiger partial charge on any atom is 0.223 e. The number of carbonyl (C=O) groups excluding carboxylic acids is 1. The molecule has 1 unspecified atom stereocenters. The summed E-state index contributed by atoms with van der Waals surface area (Å²) in [5.74, 6) is 0.0981. The lowest BCUT2D eigenvalue weighted by atomic mass is 10.2. The van der Waals surface area contributed by atoms with Crippen LogP contribution < -0.4 is 0 Å². The number of carbonyl (C=O) groups is 1. The molecule has 0 aliphatic carbocycles. The monoisotopic (exact) mass is 269 g/mol. The molecule has 0 aliphatic heterocycles. The van der Waals surface area contributed by atoms with Gasteiger partial charge < -0.3 is 9.64 Å². The molecule has 0 aromatic carbocycles. The molecule has 0 bridgehead atoms. The second-order valence-corrected chi connectivity index (χ2v) is 4.76. The van der Waals surface area contributed by atoms with Gasteiger partial charge in [-0.3, -0.25) is 9.69 Å². The molecule has 0 aromatic heterocycles. The van der Waals surface area contributed by atoms with E-state index in [1.807, 2.05) is 0 Å². The average molecular weight is 269 g/mol. The van der Waals surface area contributed by atoms with Gasteiger partial charge in [-0.1, -0.05) is 6.92 Å². The van der Waals surface area contributed by atoms with Crippen LogP contribution in [0.4, 0.5) is 0 Å². The van der Waals surface area contributed by atoms with Gasteiger partial charge in [-0.05, 0) is 13.3 Å². The van der Waals surface area contributed by atoms with Crippen molar-refractivity contribution in [3.05, 3.63) is 0 Å². The Morgan fingerprint density at radius 2 is 2.05 bits per heavy atom. The minimum Gasteiger partial charge on any atom is -0.383 e. The molecule has 0 radical (unpaired) electrons. The molecule has 0 rings (SSSR count). The Morgan fingerprint density at radius 3 is 2.58 bits per heavy atom. The zero-order valence-electron chi connectivity index (χ0n) is 12.7.